The number of nitrogens with one attached hydrogen (secondary N) is 2. The summed E-state index contributed by atoms with van der Waals surface area (Å²) in [6.45, 7) is 2.19. The Morgan fingerprint density at radius 3 is 2.52 bits per heavy atom. The van der Waals surface area contributed by atoms with Crippen molar-refractivity contribution in [2.45, 2.75) is 17.3 Å². The van der Waals surface area contributed by atoms with Gasteiger partial charge in [0.15, 0.2) is 0 Å². The fourth-order valence-corrected chi connectivity index (χ4v) is 3.52. The zero-order chi connectivity index (χ0) is 20.6. The van der Waals surface area contributed by atoms with E-state index in [4.69, 9.17) is 4.74 Å². The van der Waals surface area contributed by atoms with Gasteiger partial charge in [0.1, 0.15) is 11.0 Å². The number of amides is 3. The van der Waals surface area contributed by atoms with Crippen molar-refractivity contribution >= 4 is 23.7 Å². The monoisotopic (exact) mass is 412 g/mol. The number of hydrogen-bond donors (Lipinski definition) is 2. The van der Waals surface area contributed by atoms with Gasteiger partial charge in [0, 0.05) is 6.54 Å². The molecule has 3 aromatic rings. The van der Waals surface area contributed by atoms with Gasteiger partial charge in [-0.3, -0.25) is 10.1 Å². The van der Waals surface area contributed by atoms with E-state index in [1.807, 2.05) is 42.5 Å². The average molecular weight is 412 g/mol. The summed E-state index contributed by atoms with van der Waals surface area (Å²) < 4.78 is 6.70. The van der Waals surface area contributed by atoms with Crippen molar-refractivity contribution < 1.29 is 14.3 Å². The predicted octanol–water partition coefficient (Wildman–Crippen LogP) is 2.35. The molecule has 10 heteroatoms. The highest BCUT2D eigenvalue weighted by atomic mass is 32.2. The highest BCUT2D eigenvalue weighted by Crippen LogP contribution is 2.35. The Balaban J connectivity index is 1.88. The lowest BCUT2D eigenvalue weighted by atomic mass is 10.1. The van der Waals surface area contributed by atoms with Crippen molar-refractivity contribution in [2.75, 3.05) is 13.7 Å². The first kappa shape index (κ1) is 20.3. The van der Waals surface area contributed by atoms with E-state index in [2.05, 4.69) is 26.2 Å². The summed E-state index contributed by atoms with van der Waals surface area (Å²) in [5, 5.41) is 16.4. The second kappa shape index (κ2) is 9.69. The van der Waals surface area contributed by atoms with Gasteiger partial charge in [0.25, 0.3) is 0 Å². The van der Waals surface area contributed by atoms with Crippen LogP contribution in [0.5, 0.6) is 5.75 Å². The Labute approximate surface area is 171 Å². The van der Waals surface area contributed by atoms with Gasteiger partial charge in [0.2, 0.25) is 11.1 Å². The predicted molar refractivity (Wildman–Crippen MR) is 108 cm³/mol. The molecule has 0 fully saturated rings. The van der Waals surface area contributed by atoms with E-state index in [0.29, 0.717) is 23.1 Å². The number of aromatic nitrogens is 4. The van der Waals surface area contributed by atoms with Crippen LogP contribution in [0.4, 0.5) is 4.79 Å². The van der Waals surface area contributed by atoms with Gasteiger partial charge in [0.05, 0.1) is 12.8 Å². The highest BCUT2D eigenvalue weighted by molar-refractivity contribution is 8.00. The van der Waals surface area contributed by atoms with Crippen LogP contribution in [0.25, 0.3) is 5.69 Å². The molecule has 0 aliphatic carbocycles. The maximum Gasteiger partial charge on any atom is 0.321 e. The van der Waals surface area contributed by atoms with Crippen LogP contribution in [0.1, 0.15) is 17.7 Å². The number of tetrazole rings is 1. The lowest BCUT2D eigenvalue weighted by Gasteiger charge is -2.16. The number of methoxy groups -OCH3 is 1. The third-order valence-electron chi connectivity index (χ3n) is 3.90. The van der Waals surface area contributed by atoms with Gasteiger partial charge < -0.3 is 10.1 Å². The molecule has 3 amide bonds. The first-order valence-electron chi connectivity index (χ1n) is 8.85. The molecule has 2 N–H and O–H groups in total. The van der Waals surface area contributed by atoms with Crippen LogP contribution in [-0.2, 0) is 4.79 Å². The normalized spacial score (nSPS) is 11.5. The van der Waals surface area contributed by atoms with Gasteiger partial charge in [-0.15, -0.1) is 5.10 Å². The quantitative estimate of drug-likeness (QED) is 0.573. The number of nitrogens with zero attached hydrogens (tertiary/aromatic N) is 4. The third-order valence-corrected chi connectivity index (χ3v) is 5.08. The number of hydrogen-bond acceptors (Lipinski definition) is 7. The number of imide groups is 1. The topological polar surface area (TPSA) is 111 Å². The Morgan fingerprint density at radius 1 is 1.14 bits per heavy atom. The first-order valence-corrected chi connectivity index (χ1v) is 9.73. The number of carbonyl (C=O) groups is 2. The molecule has 29 heavy (non-hydrogen) atoms. The second-order valence-corrected chi connectivity index (χ2v) is 6.90. The molecule has 0 saturated heterocycles. The fraction of sp³-hybridized carbons (Fsp3) is 0.211. The largest absolute Gasteiger partial charge is 0.497 e. The van der Waals surface area contributed by atoms with Crippen molar-refractivity contribution in [3.63, 3.8) is 0 Å². The SMILES string of the molecule is CCNC(=O)NC(=O)[C@@H](Sc1nnnn1-c1ccc(OC)cc1)c1ccccc1. The van der Waals surface area contributed by atoms with Gasteiger partial charge in [-0.1, -0.05) is 42.1 Å². The molecule has 0 spiro atoms. The van der Waals surface area contributed by atoms with Crippen LogP contribution >= 0.6 is 11.8 Å². The number of benzene rings is 2. The summed E-state index contributed by atoms with van der Waals surface area (Å²) in [6, 6.07) is 15.8. The molecule has 1 aromatic heterocycles. The minimum atomic E-state index is -0.721. The lowest BCUT2D eigenvalue weighted by Crippen LogP contribution is -2.41. The van der Waals surface area contributed by atoms with E-state index >= 15 is 0 Å². The van der Waals surface area contributed by atoms with Crippen molar-refractivity contribution in [1.29, 1.82) is 0 Å². The Bertz CT molecular complexity index is 962. The van der Waals surface area contributed by atoms with Crippen molar-refractivity contribution in [1.82, 2.24) is 30.8 Å². The molecule has 0 unspecified atom stereocenters. The summed E-state index contributed by atoms with van der Waals surface area (Å²) in [6.07, 6.45) is 0. The molecule has 1 atom stereocenters. The molecule has 1 heterocycles. The van der Waals surface area contributed by atoms with Gasteiger partial charge >= 0.3 is 6.03 Å². The summed E-state index contributed by atoms with van der Waals surface area (Å²) in [7, 11) is 1.59. The van der Waals surface area contributed by atoms with Crippen LogP contribution < -0.4 is 15.4 Å². The molecule has 150 valence electrons. The molecule has 0 aliphatic rings. The number of rotatable bonds is 7. The van der Waals surface area contributed by atoms with E-state index in [1.54, 1.807) is 26.2 Å². The van der Waals surface area contributed by atoms with Crippen LogP contribution in [0, 0.1) is 0 Å². The van der Waals surface area contributed by atoms with Gasteiger partial charge in [-0.05, 0) is 47.2 Å². The molecule has 0 aliphatic heterocycles. The second-order valence-electron chi connectivity index (χ2n) is 5.83. The maximum absolute atomic E-state index is 12.8. The molecule has 0 radical (unpaired) electrons. The van der Waals surface area contributed by atoms with Crippen molar-refractivity contribution in [3.8, 4) is 11.4 Å². The fourth-order valence-electron chi connectivity index (χ4n) is 2.53. The first-order chi connectivity index (χ1) is 14.1. The van der Waals surface area contributed by atoms with Crippen LogP contribution in [-0.4, -0.2) is 45.8 Å². The molecular formula is C19H20N6O3S. The summed E-state index contributed by atoms with van der Waals surface area (Å²) in [4.78, 5) is 24.6. The molecule has 0 saturated carbocycles. The molecule has 2 aromatic carbocycles. The Kier molecular flexibility index (Phi) is 6.80. The van der Waals surface area contributed by atoms with E-state index in [9.17, 15) is 9.59 Å². The molecular weight excluding hydrogens is 392 g/mol. The highest BCUT2D eigenvalue weighted by Gasteiger charge is 2.26. The molecule has 9 nitrogen and oxygen atoms in total. The number of urea groups is 1. The zero-order valence-corrected chi connectivity index (χ0v) is 16.7. The third kappa shape index (κ3) is 5.11. The average Bonchev–Trinajstić information content (AvgIpc) is 3.21. The van der Waals surface area contributed by atoms with Gasteiger partial charge in [-0.2, -0.15) is 4.68 Å². The van der Waals surface area contributed by atoms with Crippen LogP contribution in [0.3, 0.4) is 0 Å². The summed E-state index contributed by atoms with van der Waals surface area (Å²) >= 11 is 1.15. The number of thioether (sulfide) groups is 1. The van der Waals surface area contributed by atoms with Crippen molar-refractivity contribution in [2.24, 2.45) is 0 Å². The van der Waals surface area contributed by atoms with E-state index in [1.165, 1.54) is 4.68 Å². The van der Waals surface area contributed by atoms with Gasteiger partial charge in [-0.25, -0.2) is 4.79 Å². The van der Waals surface area contributed by atoms with Crippen LogP contribution in [0.2, 0.25) is 0 Å². The minimum Gasteiger partial charge on any atom is -0.497 e. The van der Waals surface area contributed by atoms with E-state index in [-0.39, 0.29) is 0 Å². The van der Waals surface area contributed by atoms with E-state index < -0.39 is 17.2 Å². The van der Waals surface area contributed by atoms with E-state index in [0.717, 1.165) is 17.3 Å². The molecule has 0 bridgehead atoms. The Morgan fingerprint density at radius 2 is 1.86 bits per heavy atom. The maximum atomic E-state index is 12.8. The number of ether oxygens (including phenoxy) is 1. The summed E-state index contributed by atoms with van der Waals surface area (Å²) in [5.74, 6) is 0.246. The summed E-state index contributed by atoms with van der Waals surface area (Å²) in [5.41, 5.74) is 1.44. The zero-order valence-electron chi connectivity index (χ0n) is 15.9. The molecule has 3 rings (SSSR count). The smallest absolute Gasteiger partial charge is 0.321 e. The Hall–Kier alpha value is -3.40. The number of carbonyl (C=O) groups excluding carboxylic acids is 2. The van der Waals surface area contributed by atoms with Crippen LogP contribution in [0.15, 0.2) is 59.8 Å². The lowest BCUT2D eigenvalue weighted by molar-refractivity contribution is -0.119. The standard InChI is InChI=1S/C19H20N6O3S/c1-3-20-18(27)21-17(26)16(13-7-5-4-6-8-13)29-19-22-23-24-25(19)14-9-11-15(28-2)12-10-14/h4-12,16H,3H2,1-2H3,(H2,20,21,26,27)/t16-/m0/s1. The minimum absolute atomic E-state index is 0.412. The van der Waals surface area contributed by atoms with Crippen molar-refractivity contribution in [3.05, 3.63) is 60.2 Å².